The number of fused-ring (bicyclic) bond motifs is 1. The molecule has 1 aromatic heterocycles. The molecule has 0 saturated carbocycles. The van der Waals surface area contributed by atoms with E-state index in [9.17, 15) is 13.6 Å². The summed E-state index contributed by atoms with van der Waals surface area (Å²) in [5.41, 5.74) is 1.61. The minimum Gasteiger partial charge on any atom is -0.444 e. The van der Waals surface area contributed by atoms with Gasteiger partial charge >= 0.3 is 6.09 Å². The van der Waals surface area contributed by atoms with Crippen molar-refractivity contribution in [1.82, 2.24) is 19.8 Å². The number of nitrogens with zero attached hydrogens (tertiary/aromatic N) is 3. The predicted molar refractivity (Wildman–Crippen MR) is 114 cm³/mol. The Bertz CT molecular complexity index is 1020. The molecule has 174 valence electrons. The van der Waals surface area contributed by atoms with Crippen molar-refractivity contribution in [2.45, 2.75) is 71.0 Å². The van der Waals surface area contributed by atoms with E-state index in [0.717, 1.165) is 42.0 Å². The number of aryl methyl sites for hydroxylation is 1. The van der Waals surface area contributed by atoms with Gasteiger partial charge in [0.15, 0.2) is 0 Å². The van der Waals surface area contributed by atoms with Gasteiger partial charge in [-0.1, -0.05) is 0 Å². The number of benzene rings is 1. The first kappa shape index (κ1) is 22.7. The van der Waals surface area contributed by atoms with Gasteiger partial charge in [-0.15, -0.1) is 0 Å². The van der Waals surface area contributed by atoms with Crippen LogP contribution in [0.3, 0.4) is 0 Å². The lowest BCUT2D eigenvalue weighted by Gasteiger charge is -2.40. The molecule has 2 aliphatic heterocycles. The molecule has 7 nitrogen and oxygen atoms in total. The lowest BCUT2D eigenvalue weighted by Crippen LogP contribution is -2.52. The van der Waals surface area contributed by atoms with Gasteiger partial charge < -0.3 is 19.4 Å². The molecule has 0 unspecified atom stereocenters. The number of rotatable bonds is 3. The van der Waals surface area contributed by atoms with Crippen LogP contribution in [0.5, 0.6) is 0 Å². The maximum atomic E-state index is 14.5. The van der Waals surface area contributed by atoms with Crippen molar-refractivity contribution < 1.29 is 23.0 Å². The van der Waals surface area contributed by atoms with Gasteiger partial charge in [0.2, 0.25) is 0 Å². The van der Waals surface area contributed by atoms with E-state index < -0.39 is 35.5 Å². The number of carbonyl (C=O) groups excluding carboxylic acids is 1. The molecule has 1 N–H and O–H groups in total. The molecule has 3 atom stereocenters. The van der Waals surface area contributed by atoms with Crippen LogP contribution in [-0.4, -0.2) is 44.8 Å². The Morgan fingerprint density at radius 2 is 2.03 bits per heavy atom. The summed E-state index contributed by atoms with van der Waals surface area (Å²) < 4.78 is 42.0. The zero-order valence-corrected chi connectivity index (χ0v) is 19.1. The summed E-state index contributed by atoms with van der Waals surface area (Å²) in [5, 5.41) is 2.84. The molecule has 1 amide bonds. The zero-order valence-electron chi connectivity index (χ0n) is 19.1. The number of carbonyl (C=O) groups is 1. The second-order valence-electron chi connectivity index (χ2n) is 9.58. The summed E-state index contributed by atoms with van der Waals surface area (Å²) in [6.45, 7) is 9.03. The van der Waals surface area contributed by atoms with E-state index in [0.29, 0.717) is 19.6 Å². The highest BCUT2D eigenvalue weighted by molar-refractivity contribution is 5.68. The number of hydrogen-bond acceptors (Lipinski definition) is 5. The molecule has 2 aromatic rings. The number of imidazole rings is 1. The molecule has 32 heavy (non-hydrogen) atoms. The number of alkyl carbamates (subject to hydrolysis) is 1. The Balaban J connectivity index is 1.54. The fraction of sp³-hybridized carbons (Fsp3) is 0.565. The molecular weight excluding hydrogens is 418 g/mol. The summed E-state index contributed by atoms with van der Waals surface area (Å²) in [7, 11) is 2.00. The summed E-state index contributed by atoms with van der Waals surface area (Å²) in [5.74, 6) is -0.153. The van der Waals surface area contributed by atoms with Crippen molar-refractivity contribution in [1.29, 1.82) is 0 Å². The first-order valence-corrected chi connectivity index (χ1v) is 10.8. The minimum absolute atomic E-state index is 0.0164. The van der Waals surface area contributed by atoms with E-state index >= 15 is 0 Å². The van der Waals surface area contributed by atoms with E-state index in [2.05, 4.69) is 19.8 Å². The summed E-state index contributed by atoms with van der Waals surface area (Å²) >= 11 is 0. The predicted octanol–water partition coefficient (Wildman–Crippen LogP) is 3.75. The Hall–Kier alpha value is -2.52. The number of halogens is 2. The standard InChI is InChI=1S/C23H30F2N4O3/c1-13-26-19-10-29(11-20(19)28(13)5)15-9-18(27-22(30)32-23(2,3)4)21(31-12-15)16-8-14(24)6-7-17(16)25/h6-8,15,18,21H,9-12H2,1-5H3,(H,27,30)/t15-,18+,21-/m1/s1. The van der Waals surface area contributed by atoms with Crippen LogP contribution < -0.4 is 5.32 Å². The number of aromatic nitrogens is 2. The third kappa shape index (κ3) is 4.63. The number of ether oxygens (including phenoxy) is 2. The first-order chi connectivity index (χ1) is 15.0. The fourth-order valence-electron chi connectivity index (χ4n) is 4.45. The Labute approximate surface area is 186 Å². The van der Waals surface area contributed by atoms with Gasteiger partial charge in [-0.05, 0) is 52.3 Å². The Morgan fingerprint density at radius 3 is 2.72 bits per heavy atom. The number of hydrogen-bond donors (Lipinski definition) is 1. The van der Waals surface area contributed by atoms with E-state index in [1.54, 1.807) is 20.8 Å². The lowest BCUT2D eigenvalue weighted by atomic mass is 9.92. The van der Waals surface area contributed by atoms with Crippen LogP contribution in [0.2, 0.25) is 0 Å². The van der Waals surface area contributed by atoms with Gasteiger partial charge in [-0.25, -0.2) is 18.6 Å². The molecule has 0 radical (unpaired) electrons. The van der Waals surface area contributed by atoms with Crippen molar-refractivity contribution in [3.8, 4) is 0 Å². The van der Waals surface area contributed by atoms with Gasteiger partial charge in [0.25, 0.3) is 0 Å². The van der Waals surface area contributed by atoms with Crippen LogP contribution in [0.25, 0.3) is 0 Å². The van der Waals surface area contributed by atoms with Gasteiger partial charge in [-0.3, -0.25) is 4.90 Å². The topological polar surface area (TPSA) is 68.6 Å². The maximum Gasteiger partial charge on any atom is 0.407 e. The smallest absolute Gasteiger partial charge is 0.407 e. The van der Waals surface area contributed by atoms with Crippen LogP contribution in [0.4, 0.5) is 13.6 Å². The third-order valence-electron chi connectivity index (χ3n) is 6.07. The minimum atomic E-state index is -0.820. The van der Waals surface area contributed by atoms with Crippen molar-refractivity contribution in [3.05, 3.63) is 52.6 Å². The SMILES string of the molecule is Cc1nc2c(n1C)CN([C@H]1CO[C@H](c3cc(F)ccc3F)[C@@H](NC(=O)OC(C)(C)C)C1)C2. The third-order valence-corrected chi connectivity index (χ3v) is 6.07. The highest BCUT2D eigenvalue weighted by Crippen LogP contribution is 2.35. The highest BCUT2D eigenvalue weighted by atomic mass is 19.1. The molecule has 1 aromatic carbocycles. The molecule has 3 heterocycles. The van der Waals surface area contributed by atoms with E-state index in [1.807, 2.05) is 14.0 Å². The number of nitrogens with one attached hydrogen (secondary N) is 1. The van der Waals surface area contributed by atoms with Crippen molar-refractivity contribution in [3.63, 3.8) is 0 Å². The van der Waals surface area contributed by atoms with Crippen molar-refractivity contribution in [2.24, 2.45) is 7.05 Å². The maximum absolute atomic E-state index is 14.5. The molecule has 2 aliphatic rings. The summed E-state index contributed by atoms with van der Waals surface area (Å²) in [4.78, 5) is 19.4. The highest BCUT2D eigenvalue weighted by Gasteiger charge is 2.40. The zero-order chi connectivity index (χ0) is 23.2. The van der Waals surface area contributed by atoms with Crippen molar-refractivity contribution >= 4 is 6.09 Å². The van der Waals surface area contributed by atoms with Crippen LogP contribution in [-0.2, 0) is 29.6 Å². The van der Waals surface area contributed by atoms with Crippen LogP contribution in [0.15, 0.2) is 18.2 Å². The van der Waals surface area contributed by atoms with E-state index in [-0.39, 0.29) is 11.6 Å². The molecule has 0 spiro atoms. The van der Waals surface area contributed by atoms with Gasteiger partial charge in [-0.2, -0.15) is 0 Å². The lowest BCUT2D eigenvalue weighted by molar-refractivity contribution is -0.0630. The average molecular weight is 449 g/mol. The molecule has 9 heteroatoms. The first-order valence-electron chi connectivity index (χ1n) is 10.8. The van der Waals surface area contributed by atoms with Gasteiger partial charge in [0.05, 0.1) is 24.0 Å². The Kier molecular flexibility index (Phi) is 5.98. The normalized spacial score (nSPS) is 23.8. The average Bonchev–Trinajstić information content (AvgIpc) is 3.22. The van der Waals surface area contributed by atoms with Crippen molar-refractivity contribution in [2.75, 3.05) is 6.61 Å². The summed E-state index contributed by atoms with van der Waals surface area (Å²) in [6, 6.07) is 2.67. The second-order valence-corrected chi connectivity index (χ2v) is 9.58. The largest absolute Gasteiger partial charge is 0.444 e. The molecule has 4 rings (SSSR count). The number of amides is 1. The summed E-state index contributed by atoms with van der Waals surface area (Å²) in [6.07, 6.45) is -0.928. The molecule has 0 aliphatic carbocycles. The van der Waals surface area contributed by atoms with E-state index in [1.165, 1.54) is 0 Å². The monoisotopic (exact) mass is 448 g/mol. The van der Waals surface area contributed by atoms with Crippen LogP contribution in [0, 0.1) is 18.6 Å². The van der Waals surface area contributed by atoms with Crippen LogP contribution >= 0.6 is 0 Å². The fourth-order valence-corrected chi connectivity index (χ4v) is 4.45. The Morgan fingerprint density at radius 1 is 1.28 bits per heavy atom. The quantitative estimate of drug-likeness (QED) is 0.775. The molecule has 1 saturated heterocycles. The van der Waals surface area contributed by atoms with Gasteiger partial charge in [0, 0.05) is 31.7 Å². The van der Waals surface area contributed by atoms with Crippen LogP contribution in [0.1, 0.15) is 56.1 Å². The van der Waals surface area contributed by atoms with Gasteiger partial charge in [0.1, 0.15) is 29.2 Å². The van der Waals surface area contributed by atoms with E-state index in [4.69, 9.17) is 9.47 Å². The molecule has 0 bridgehead atoms. The molecule has 1 fully saturated rings. The molecular formula is C23H30F2N4O3. The second kappa shape index (κ2) is 8.44.